The number of methoxy groups -OCH3 is 1. The highest BCUT2D eigenvalue weighted by atomic mass is 127. The zero-order valence-corrected chi connectivity index (χ0v) is 35.4. The molecule has 0 radical (unpaired) electrons. The van der Waals surface area contributed by atoms with E-state index < -0.39 is 25.0 Å². The minimum absolute atomic E-state index is 0.0781. The van der Waals surface area contributed by atoms with Gasteiger partial charge < -0.3 is 18.0 Å². The SMILES string of the molecule is CC[Si](CC)(CC)O[C@@H](C[C@H](/C=C/C(=O)OC)O[Si](CC)(CC)CC)[C@@H](I)CO[Si](c1ccccc1)(c1ccccc1)C(C)(C)C. The van der Waals surface area contributed by atoms with E-state index in [1.165, 1.54) is 23.6 Å². The molecule has 0 unspecified atom stereocenters. The molecule has 0 aliphatic heterocycles. The zero-order chi connectivity index (χ0) is 34.4. The molecule has 0 aliphatic rings. The van der Waals surface area contributed by atoms with Crippen LogP contribution in [0.4, 0.5) is 0 Å². The number of alkyl halides is 1. The van der Waals surface area contributed by atoms with Crippen LogP contribution < -0.4 is 10.4 Å². The fourth-order valence-electron chi connectivity index (χ4n) is 6.63. The first kappa shape index (κ1) is 41.1. The van der Waals surface area contributed by atoms with Gasteiger partial charge in [-0.25, -0.2) is 4.79 Å². The molecule has 0 aromatic heterocycles. The van der Waals surface area contributed by atoms with Crippen LogP contribution in [-0.2, 0) is 22.8 Å². The third kappa shape index (κ3) is 10.5. The van der Waals surface area contributed by atoms with Crippen LogP contribution in [0.2, 0.25) is 41.3 Å². The first-order valence-corrected chi connectivity index (χ1v) is 25.6. The summed E-state index contributed by atoms with van der Waals surface area (Å²) in [6.45, 7) is 21.1. The van der Waals surface area contributed by atoms with Crippen LogP contribution in [0.1, 0.15) is 68.7 Å². The molecule has 258 valence electrons. The van der Waals surface area contributed by atoms with Crippen molar-refractivity contribution in [3.63, 3.8) is 0 Å². The second-order valence-corrected chi connectivity index (χ2v) is 28.8. The molecule has 46 heavy (non-hydrogen) atoms. The van der Waals surface area contributed by atoms with Gasteiger partial charge in [0, 0.05) is 19.1 Å². The van der Waals surface area contributed by atoms with Crippen molar-refractivity contribution in [2.75, 3.05) is 13.7 Å². The van der Waals surface area contributed by atoms with Crippen molar-refractivity contribution in [3.05, 3.63) is 72.8 Å². The zero-order valence-electron chi connectivity index (χ0n) is 30.2. The monoisotopic (exact) mass is 796 g/mol. The molecule has 2 aromatic carbocycles. The normalized spacial score (nSPS) is 15.1. The van der Waals surface area contributed by atoms with Gasteiger partial charge in [-0.15, -0.1) is 0 Å². The summed E-state index contributed by atoms with van der Waals surface area (Å²) < 4.78 is 26.9. The average Bonchev–Trinajstić information content (AvgIpc) is 3.08. The van der Waals surface area contributed by atoms with Gasteiger partial charge in [-0.3, -0.25) is 0 Å². The molecular weight excluding hydrogens is 736 g/mol. The van der Waals surface area contributed by atoms with Crippen molar-refractivity contribution in [3.8, 4) is 0 Å². The predicted octanol–water partition coefficient (Wildman–Crippen LogP) is 9.27. The lowest BCUT2D eigenvalue weighted by molar-refractivity contribution is -0.134. The number of halogens is 1. The summed E-state index contributed by atoms with van der Waals surface area (Å²) in [5.41, 5.74) is 0. The number of carbonyl (C=O) groups is 1. The van der Waals surface area contributed by atoms with Gasteiger partial charge in [0.25, 0.3) is 8.32 Å². The Morgan fingerprint density at radius 2 is 1.20 bits per heavy atom. The molecule has 0 saturated heterocycles. The number of hydrogen-bond acceptors (Lipinski definition) is 5. The van der Waals surface area contributed by atoms with Gasteiger partial charge in [0.2, 0.25) is 0 Å². The van der Waals surface area contributed by atoms with Crippen molar-refractivity contribution >= 4 is 63.9 Å². The number of esters is 1. The highest BCUT2D eigenvalue weighted by Crippen LogP contribution is 2.38. The second-order valence-electron chi connectivity index (χ2n) is 13.4. The minimum atomic E-state index is -2.72. The van der Waals surface area contributed by atoms with Crippen LogP contribution in [0, 0.1) is 0 Å². The van der Waals surface area contributed by atoms with Gasteiger partial charge in [0.15, 0.2) is 16.6 Å². The lowest BCUT2D eigenvalue weighted by Crippen LogP contribution is -2.67. The topological polar surface area (TPSA) is 54.0 Å². The smallest absolute Gasteiger partial charge is 0.330 e. The number of ether oxygens (including phenoxy) is 1. The quantitative estimate of drug-likeness (QED) is 0.0440. The van der Waals surface area contributed by atoms with Gasteiger partial charge in [-0.05, 0) is 57.8 Å². The largest absolute Gasteiger partial charge is 0.466 e. The van der Waals surface area contributed by atoms with E-state index in [9.17, 15) is 4.79 Å². The summed E-state index contributed by atoms with van der Waals surface area (Å²) in [4.78, 5) is 12.3. The van der Waals surface area contributed by atoms with E-state index in [1.807, 2.05) is 6.08 Å². The molecule has 2 rings (SSSR count). The molecule has 9 heteroatoms. The first-order chi connectivity index (χ1) is 21.8. The van der Waals surface area contributed by atoms with Crippen LogP contribution in [0.15, 0.2) is 72.8 Å². The van der Waals surface area contributed by atoms with Crippen LogP contribution in [0.25, 0.3) is 0 Å². The maximum absolute atomic E-state index is 12.3. The van der Waals surface area contributed by atoms with Gasteiger partial charge in [-0.1, -0.05) is 146 Å². The number of carbonyl (C=O) groups excluding carboxylic acids is 1. The lowest BCUT2D eigenvalue weighted by atomic mass is 10.1. The number of rotatable bonds is 20. The highest BCUT2D eigenvalue weighted by molar-refractivity contribution is 14.1. The predicted molar refractivity (Wildman–Crippen MR) is 211 cm³/mol. The van der Waals surface area contributed by atoms with Crippen LogP contribution in [0.3, 0.4) is 0 Å². The highest BCUT2D eigenvalue weighted by Gasteiger charge is 2.51. The summed E-state index contributed by atoms with van der Waals surface area (Å²) >= 11 is 2.58. The summed E-state index contributed by atoms with van der Waals surface area (Å²) in [7, 11) is -5.28. The summed E-state index contributed by atoms with van der Waals surface area (Å²) in [6, 6.07) is 28.0. The molecule has 0 fully saturated rings. The molecule has 0 N–H and O–H groups in total. The number of benzene rings is 2. The molecule has 0 bridgehead atoms. The Kier molecular flexibility index (Phi) is 17.1. The lowest BCUT2D eigenvalue weighted by Gasteiger charge is -2.44. The van der Waals surface area contributed by atoms with E-state index in [1.54, 1.807) is 0 Å². The maximum atomic E-state index is 12.3. The Morgan fingerprint density at radius 1 is 0.761 bits per heavy atom. The third-order valence-corrected chi connectivity index (χ3v) is 25.6. The van der Waals surface area contributed by atoms with Gasteiger partial charge >= 0.3 is 5.97 Å². The second kappa shape index (κ2) is 19.2. The molecule has 0 spiro atoms. The Labute approximate surface area is 297 Å². The van der Waals surface area contributed by atoms with Crippen molar-refractivity contribution < 1.29 is 22.8 Å². The van der Waals surface area contributed by atoms with Crippen LogP contribution >= 0.6 is 22.6 Å². The summed E-state index contributed by atoms with van der Waals surface area (Å²) in [5.74, 6) is -0.358. The van der Waals surface area contributed by atoms with Crippen molar-refractivity contribution in [1.82, 2.24) is 0 Å². The standard InChI is InChI=1S/C37H61IO5Si3/c1-11-44(12-2,13-3)42-31(27-28-36(39)40-10)29-35(43-45(14-4,15-5)16-6)34(38)30-41-46(37(7,8)9,32-23-19-17-20-24-32)33-25-21-18-22-26-33/h17-28,31,34-35H,11-16,29-30H2,1-10H3/b28-27+/t31-,34-,35-/m0/s1. The van der Waals surface area contributed by atoms with Gasteiger partial charge in [-0.2, -0.15) is 0 Å². The molecule has 0 amide bonds. The fourth-order valence-corrected chi connectivity index (χ4v) is 18.2. The number of hydrogen-bond donors (Lipinski definition) is 0. The molecule has 3 atom stereocenters. The van der Waals surface area contributed by atoms with E-state index in [2.05, 4.69) is 146 Å². The Bertz CT molecular complexity index is 1120. The van der Waals surface area contributed by atoms with E-state index >= 15 is 0 Å². The Morgan fingerprint density at radius 3 is 1.59 bits per heavy atom. The van der Waals surface area contributed by atoms with Crippen LogP contribution in [-0.4, -0.2) is 60.8 Å². The van der Waals surface area contributed by atoms with Crippen molar-refractivity contribution in [1.29, 1.82) is 0 Å². The minimum Gasteiger partial charge on any atom is -0.466 e. The van der Waals surface area contributed by atoms with E-state index in [-0.39, 0.29) is 27.1 Å². The first-order valence-electron chi connectivity index (χ1n) is 17.4. The summed E-state index contributed by atoms with van der Waals surface area (Å²) in [6.07, 6.45) is 3.81. The van der Waals surface area contributed by atoms with Crippen molar-refractivity contribution in [2.24, 2.45) is 0 Å². The maximum Gasteiger partial charge on any atom is 0.330 e. The van der Waals surface area contributed by atoms with E-state index in [4.69, 9.17) is 18.0 Å². The molecule has 0 heterocycles. The van der Waals surface area contributed by atoms with Crippen LogP contribution in [0.5, 0.6) is 0 Å². The van der Waals surface area contributed by atoms with E-state index in [0.717, 1.165) is 36.3 Å². The molecule has 2 aromatic rings. The third-order valence-electron chi connectivity index (χ3n) is 10.1. The van der Waals surface area contributed by atoms with Crippen molar-refractivity contribution in [2.45, 2.75) is 126 Å². The molecule has 5 nitrogen and oxygen atoms in total. The fraction of sp³-hybridized carbons (Fsp3) is 0.595. The van der Waals surface area contributed by atoms with E-state index in [0.29, 0.717) is 13.0 Å². The molecular formula is C37H61IO5Si3. The summed E-state index contributed by atoms with van der Waals surface area (Å²) in [5, 5.41) is 2.45. The average molecular weight is 797 g/mol. The molecule has 0 saturated carbocycles. The van der Waals surface area contributed by atoms with Gasteiger partial charge in [0.05, 0.1) is 23.2 Å². The molecule has 0 aliphatic carbocycles. The Hall–Kier alpha value is -1.09. The Balaban J connectivity index is 2.61. The van der Waals surface area contributed by atoms with Gasteiger partial charge in [0.1, 0.15) is 0 Å².